The van der Waals surface area contributed by atoms with E-state index in [2.05, 4.69) is 300 Å². The van der Waals surface area contributed by atoms with Gasteiger partial charge in [-0.15, -0.1) is 0 Å². The van der Waals surface area contributed by atoms with Crippen molar-refractivity contribution in [3.63, 3.8) is 0 Å². The Bertz CT molecular complexity index is 4500. The molecule has 0 fully saturated rings. The third-order valence-corrected chi connectivity index (χ3v) is 17.5. The first-order valence-corrected chi connectivity index (χ1v) is 28.2. The minimum Gasteiger partial charge on any atom is -0.468 e. The number of rotatable bonds is 8. The average molecular weight is 1050 g/mol. The molecule has 0 amide bonds. The van der Waals surface area contributed by atoms with E-state index in [9.17, 15) is 0 Å². The Morgan fingerprint density at radius 1 is 0.390 bits per heavy atom. The van der Waals surface area contributed by atoms with Gasteiger partial charge in [-0.05, 0) is 119 Å². The van der Waals surface area contributed by atoms with E-state index < -0.39 is 0 Å². The topological polar surface area (TPSA) is 44.6 Å². The molecule has 0 bridgehead atoms. The van der Waals surface area contributed by atoms with Gasteiger partial charge in [0.05, 0.1) is 22.7 Å². The molecule has 9 heteroatoms. The number of furan rings is 1. The number of benzene rings is 11. The summed E-state index contributed by atoms with van der Waals surface area (Å²) in [6.07, 6.45) is 0. The second-order valence-electron chi connectivity index (χ2n) is 22.4. The first-order chi connectivity index (χ1) is 40.5. The number of hydrogen-bond donors (Lipinski definition) is 0. The Morgan fingerprint density at radius 2 is 0.829 bits per heavy atom. The molecule has 5 heterocycles. The van der Waals surface area contributed by atoms with Crippen LogP contribution in [0.5, 0.6) is 23.0 Å². The maximum absolute atomic E-state index is 7.60. The van der Waals surface area contributed by atoms with Crippen LogP contribution in [0.1, 0.15) is 25.0 Å². The molecule has 5 aliphatic rings. The lowest BCUT2D eigenvalue weighted by Gasteiger charge is -2.44. The molecule has 0 saturated heterocycles. The molecule has 11 aromatic carbocycles. The van der Waals surface area contributed by atoms with Crippen molar-refractivity contribution in [2.24, 2.45) is 0 Å². The lowest BCUT2D eigenvalue weighted by molar-refractivity contribution is 0.465. The summed E-state index contributed by atoms with van der Waals surface area (Å²) < 4.78 is 22.5. The van der Waals surface area contributed by atoms with Crippen LogP contribution in [0, 0.1) is 0 Å². The molecular weight excluding hydrogens is 1000 g/mol. The molecule has 0 atom stereocenters. The number of fused-ring (bicyclic) bond motifs is 11. The highest BCUT2D eigenvalue weighted by atomic mass is 16.5. The molecule has 0 saturated carbocycles. The van der Waals surface area contributed by atoms with Crippen molar-refractivity contribution in [1.82, 2.24) is 0 Å². The van der Waals surface area contributed by atoms with E-state index in [0.717, 1.165) is 124 Å². The van der Waals surface area contributed by atoms with E-state index in [0.29, 0.717) is 0 Å². The van der Waals surface area contributed by atoms with Crippen molar-refractivity contribution in [1.29, 1.82) is 0 Å². The van der Waals surface area contributed by atoms with Crippen molar-refractivity contribution in [3.05, 3.63) is 284 Å². The molecule has 0 spiro atoms. The molecule has 0 unspecified atom stereocenters. The summed E-state index contributed by atoms with van der Waals surface area (Å²) in [5, 5.41) is 1.04. The van der Waals surface area contributed by atoms with Crippen LogP contribution in [-0.2, 0) is 5.41 Å². The fraction of sp³-hybridized carbons (Fsp3) is 0.0411. The van der Waals surface area contributed by atoms with Gasteiger partial charge in [0.1, 0.15) is 28.6 Å². The first-order valence-electron chi connectivity index (χ1n) is 28.2. The van der Waals surface area contributed by atoms with Crippen molar-refractivity contribution < 1.29 is 13.9 Å². The van der Waals surface area contributed by atoms with Crippen LogP contribution in [-0.4, -0.2) is 13.4 Å². The van der Waals surface area contributed by atoms with Gasteiger partial charge in [-0.1, -0.05) is 171 Å². The van der Waals surface area contributed by atoms with E-state index >= 15 is 0 Å². The lowest BCUT2D eigenvalue weighted by Crippen LogP contribution is -2.61. The molecule has 0 N–H and O–H groups in total. The van der Waals surface area contributed by atoms with Crippen LogP contribution in [0.25, 0.3) is 16.7 Å². The van der Waals surface area contributed by atoms with Gasteiger partial charge in [0.25, 0.3) is 6.71 Å². The Morgan fingerprint density at radius 3 is 1.38 bits per heavy atom. The number of allylic oxidation sites excluding steroid dienone is 1. The van der Waals surface area contributed by atoms with Gasteiger partial charge in [0.2, 0.25) is 0 Å². The second kappa shape index (κ2) is 17.8. The molecule has 17 rings (SSSR count). The van der Waals surface area contributed by atoms with Crippen LogP contribution in [0.4, 0.5) is 62.6 Å². The molecule has 12 aromatic rings. The van der Waals surface area contributed by atoms with Gasteiger partial charge in [0, 0.05) is 91.2 Å². The molecule has 1 aromatic heterocycles. The Hall–Kier alpha value is -10.4. The zero-order valence-electron chi connectivity index (χ0n) is 45.1. The van der Waals surface area contributed by atoms with Gasteiger partial charge in [-0.2, -0.15) is 0 Å². The minimum absolute atomic E-state index is 0.208. The number of hydrogen-bond acceptors (Lipinski definition) is 7. The molecule has 386 valence electrons. The summed E-state index contributed by atoms with van der Waals surface area (Å²) in [4.78, 5) is 9.57. The predicted octanol–water partition coefficient (Wildman–Crippen LogP) is 15.9. The smallest absolute Gasteiger partial charge is 0.301 e. The zero-order valence-corrected chi connectivity index (χ0v) is 45.1. The molecule has 7 nitrogen and oxygen atoms in total. The van der Waals surface area contributed by atoms with Crippen LogP contribution in [0.3, 0.4) is 0 Å². The van der Waals surface area contributed by atoms with Crippen LogP contribution in [0.2, 0.25) is 0 Å². The molecule has 0 radical (unpaired) electrons. The van der Waals surface area contributed by atoms with E-state index in [-0.39, 0.29) is 18.8 Å². The van der Waals surface area contributed by atoms with E-state index in [1.54, 1.807) is 0 Å². The summed E-state index contributed by atoms with van der Waals surface area (Å²) >= 11 is 0. The quantitative estimate of drug-likeness (QED) is 0.141. The van der Waals surface area contributed by atoms with E-state index in [1.807, 2.05) is 0 Å². The van der Waals surface area contributed by atoms with Gasteiger partial charge in [-0.25, -0.2) is 0 Å². The maximum atomic E-state index is 7.60. The summed E-state index contributed by atoms with van der Waals surface area (Å²) in [6.45, 7) is 4.26. The van der Waals surface area contributed by atoms with Gasteiger partial charge in [-0.3, -0.25) is 0 Å². The fourth-order valence-electron chi connectivity index (χ4n) is 14.1. The lowest BCUT2D eigenvalue weighted by atomic mass is 9.29. The highest BCUT2D eigenvalue weighted by Crippen LogP contribution is 2.57. The minimum atomic E-state index is -0.384. The van der Waals surface area contributed by atoms with Gasteiger partial charge < -0.3 is 33.5 Å². The molecule has 82 heavy (non-hydrogen) atoms. The summed E-state index contributed by atoms with van der Waals surface area (Å²) in [7, 11) is 0. The van der Waals surface area contributed by atoms with Gasteiger partial charge >= 0.3 is 6.71 Å². The fourth-order valence-corrected chi connectivity index (χ4v) is 14.1. The third kappa shape index (κ3) is 6.80. The zero-order chi connectivity index (χ0) is 54.2. The van der Waals surface area contributed by atoms with Gasteiger partial charge in [0.15, 0.2) is 0 Å². The highest BCUT2D eigenvalue weighted by Gasteiger charge is 2.54. The molecule has 1 aliphatic carbocycles. The second-order valence-corrected chi connectivity index (χ2v) is 22.4. The molecular formula is C73H50B2N4O3. The van der Waals surface area contributed by atoms with Crippen molar-refractivity contribution in [3.8, 4) is 23.0 Å². The monoisotopic (exact) mass is 1050 g/mol. The molecule has 4 aliphatic heterocycles. The Kier molecular flexibility index (Phi) is 10.1. The van der Waals surface area contributed by atoms with Crippen molar-refractivity contribution in [2.75, 3.05) is 19.6 Å². The number of para-hydroxylation sites is 7. The largest absolute Gasteiger partial charge is 0.468 e. The number of nitrogens with zero attached hydrogens (tertiary/aromatic N) is 4. The normalized spacial score (nSPS) is 14.4. The Balaban J connectivity index is 0.944. The van der Waals surface area contributed by atoms with Crippen LogP contribution in [0.15, 0.2) is 277 Å². The Labute approximate surface area is 476 Å². The van der Waals surface area contributed by atoms with Crippen LogP contribution < -0.4 is 56.6 Å². The van der Waals surface area contributed by atoms with E-state index in [4.69, 9.17) is 13.9 Å². The number of anilines is 11. The predicted molar refractivity (Wildman–Crippen MR) is 338 cm³/mol. The highest BCUT2D eigenvalue weighted by molar-refractivity contribution is 7.00. The summed E-state index contributed by atoms with van der Waals surface area (Å²) in [5.74, 6) is 3.05. The van der Waals surface area contributed by atoms with Crippen molar-refractivity contribution in [2.45, 2.75) is 19.3 Å². The summed E-state index contributed by atoms with van der Waals surface area (Å²) in [6, 6.07) is 95.4. The maximum Gasteiger partial charge on any atom is 0.301 e. The van der Waals surface area contributed by atoms with Crippen LogP contribution >= 0.6 is 0 Å². The SMILES string of the molecule is CC1(C)C2=C(c3ccccc31)N(c1ccccc1)c1cc(N(c3ccccc3)c3ccccc3)cc3c1B2c1cc2c(cc1O3)Oc1cc(N(c3ccccc3)c3ccccc3)cc3c1B2c1oc2ccccc2c1N3c1ccccc1. The standard InChI is InChI=1S/C73H50B2N4O3/c1-73(2)57-39-23-21-37-55(57)69-71(73)74-58-45-59-64(46-63(58)80-65-43-53(41-60(67(65)74)78(69)51-33-17-7-18-34-51)76(47-25-9-3-10-26-47)48-27-11-4-12-28-48)81-66-44-54(77(49-29-13-5-14-30-49)50-31-15-6-16-32-50)42-61-68(66)75(59)72-70(56-38-22-24-40-62(56)82-72)79(61)52-35-19-8-20-36-52/h3-46H,1-2H3. The number of ether oxygens (including phenoxy) is 2. The first kappa shape index (κ1) is 46.5. The summed E-state index contributed by atoms with van der Waals surface area (Å²) in [5.41, 5.74) is 22.0. The van der Waals surface area contributed by atoms with E-state index in [1.165, 1.54) is 22.3 Å². The van der Waals surface area contributed by atoms with Crippen molar-refractivity contribution >= 4 is 120 Å². The average Bonchev–Trinajstić information content (AvgIpc) is 3.19. The third-order valence-electron chi connectivity index (χ3n) is 17.5.